The number of phenolic OH excluding ortho intramolecular Hbond substituents is 4. The number of aromatic hydroxyl groups is 4. The van der Waals surface area contributed by atoms with E-state index in [1.165, 1.54) is 211 Å². The van der Waals surface area contributed by atoms with E-state index in [0.717, 1.165) is 158 Å². The Bertz CT molecular complexity index is 4750. The Balaban J connectivity index is 0.589. The highest BCUT2D eigenvalue weighted by atomic mass is 16.5. The molecule has 4 atom stereocenters. The summed E-state index contributed by atoms with van der Waals surface area (Å²) in [5.74, 6) is 15.8. The van der Waals surface area contributed by atoms with Gasteiger partial charge in [0.25, 0.3) is 0 Å². The van der Waals surface area contributed by atoms with Crippen LogP contribution in [0.2, 0.25) is 0 Å². The number of anilines is 4. The van der Waals surface area contributed by atoms with Crippen molar-refractivity contribution >= 4 is 22.7 Å². The van der Waals surface area contributed by atoms with Gasteiger partial charge >= 0.3 is 0 Å². The number of rotatable bonds is 17. The van der Waals surface area contributed by atoms with E-state index in [9.17, 15) is 20.4 Å². The van der Waals surface area contributed by atoms with Gasteiger partial charge in [-0.05, 0) is 463 Å². The van der Waals surface area contributed by atoms with Gasteiger partial charge in [0.2, 0.25) is 0 Å². The normalized spacial score (nSPS) is 41.4. The number of ether oxygens (including phenoxy) is 4. The lowest BCUT2D eigenvalue weighted by Gasteiger charge is -2.77. The number of phenols is 4. The van der Waals surface area contributed by atoms with E-state index < -0.39 is 0 Å². The molecule has 12 heteroatoms. The van der Waals surface area contributed by atoms with Gasteiger partial charge in [-0.1, -0.05) is 72.8 Å². The first kappa shape index (κ1) is 72.9. The Hall–Kier alpha value is -8.64. The van der Waals surface area contributed by atoms with Gasteiger partial charge in [-0.15, -0.1) is 0 Å². The standard InChI is InChI=1S/C108H122N4O8/c109-91-87(113)21-17-83(99-37-61-25-62(38-99)27-63(26-61)39-99)95(91)117-79-9-1-75(2-10-79)103-49-73-50-104(55-103,76-3-11-80(12-4-76)118-96-84(18-22-88(114)92(96)110)100-40-64-28-65(41-100)30-66(29-64)42-100)58-107(53-73,57-103)108-54-74-51-105(59-108,77-5-13-81(14-6-77)119-97-85(19-23-89(115)93(97)111)101-43-67-31-68(44-101)33-69(32-67)45-101)56-106(52-74,60-108)78-7-15-82(16-8-78)120-98-86(20-24-90(116)94(98)112)102-46-70-34-71(47-102)36-72(35-70)48-102/h1-24,61-74,113-116H,25-60,109-112H2. The minimum Gasteiger partial charge on any atom is -0.506 e. The van der Waals surface area contributed by atoms with Crippen LogP contribution in [0.25, 0.3) is 0 Å². The second-order valence-corrected chi connectivity index (χ2v) is 46.5. The molecule has 120 heavy (non-hydrogen) atoms. The van der Waals surface area contributed by atoms with E-state index in [-0.39, 0.29) is 77.1 Å². The van der Waals surface area contributed by atoms with Crippen molar-refractivity contribution in [3.8, 4) is 69.0 Å². The zero-order chi connectivity index (χ0) is 80.2. The summed E-state index contributed by atoms with van der Waals surface area (Å²) >= 11 is 0. The SMILES string of the molecule is Nc1c(O)ccc(C23CC4CC(CC(C4)C2)C3)c1Oc1ccc(C23CC4CC(c5ccc(Oc6c(C78CC9CC(CC(C9)C7)C8)ccc(O)c6N)cc5)(C2)CC(C25CC6CC(c7ccc(Oc8c(C9%10CC%11CC(CC(C%11)C9)C%10)ccc(O)c8N)cc7)(CC(c7ccc(Oc8c(C9%10CC%11CC(CC(C%11)C9)C%10)ccc(O)c8N)cc7)(C6)C2)C5)(C4)C3)cc1. The molecular weight excluding hydrogens is 1480 g/mol. The number of nitrogen functional groups attached to an aromatic ring is 4. The van der Waals surface area contributed by atoms with Crippen LogP contribution in [-0.2, 0) is 43.3 Å². The van der Waals surface area contributed by atoms with Crippen LogP contribution < -0.4 is 41.9 Å². The quantitative estimate of drug-likeness (QED) is 0.0315. The van der Waals surface area contributed by atoms with Crippen LogP contribution in [-0.4, -0.2) is 20.4 Å². The Morgan fingerprint density at radius 3 is 0.558 bits per heavy atom. The maximum atomic E-state index is 11.5. The van der Waals surface area contributed by atoms with Crippen molar-refractivity contribution in [2.24, 2.45) is 93.7 Å². The van der Waals surface area contributed by atoms with Gasteiger partial charge in [0.05, 0.1) is 0 Å². The van der Waals surface area contributed by atoms with E-state index in [1.54, 1.807) is 0 Å². The van der Waals surface area contributed by atoms with Gasteiger partial charge in [0.15, 0.2) is 23.0 Å². The van der Waals surface area contributed by atoms with Crippen LogP contribution in [0.1, 0.15) is 276 Å². The highest BCUT2D eigenvalue weighted by Gasteiger charge is 2.75. The second-order valence-electron chi connectivity index (χ2n) is 46.5. The Kier molecular flexibility index (Phi) is 15.3. The smallest absolute Gasteiger partial charge is 0.157 e. The fraction of sp³-hybridized carbons (Fsp3) is 0.556. The van der Waals surface area contributed by atoms with Crippen molar-refractivity contribution in [2.45, 2.75) is 274 Å². The summed E-state index contributed by atoms with van der Waals surface area (Å²) < 4.78 is 28.9. The molecule has 0 aliphatic heterocycles. The van der Waals surface area contributed by atoms with Crippen molar-refractivity contribution in [1.29, 1.82) is 0 Å². The maximum Gasteiger partial charge on any atom is 0.157 e. The average molecular weight is 1600 g/mol. The number of benzene rings is 8. The molecule has 0 heterocycles. The van der Waals surface area contributed by atoms with Crippen LogP contribution in [0.4, 0.5) is 22.7 Å². The van der Waals surface area contributed by atoms with Crippen molar-refractivity contribution < 1.29 is 39.4 Å². The van der Waals surface area contributed by atoms with Crippen molar-refractivity contribution in [1.82, 2.24) is 0 Å². The summed E-state index contributed by atoms with van der Waals surface area (Å²) in [6.45, 7) is 0. The van der Waals surface area contributed by atoms with Crippen LogP contribution in [0, 0.1) is 93.7 Å². The lowest BCUT2D eigenvalue weighted by atomic mass is 9.26. The summed E-state index contributed by atoms with van der Waals surface area (Å²) in [6, 6.07) is 53.6. The van der Waals surface area contributed by atoms with E-state index in [1.807, 2.05) is 24.3 Å². The van der Waals surface area contributed by atoms with Crippen LogP contribution >= 0.6 is 0 Å². The van der Waals surface area contributed by atoms with Gasteiger partial charge in [-0.3, -0.25) is 0 Å². The third-order valence-electron chi connectivity index (χ3n) is 39.1. The summed E-state index contributed by atoms with van der Waals surface area (Å²) in [5, 5.41) is 45.9. The minimum atomic E-state index is -0.155. The second kappa shape index (κ2) is 25.1. The largest absolute Gasteiger partial charge is 0.506 e. The minimum absolute atomic E-state index is 0.0124. The van der Waals surface area contributed by atoms with E-state index >= 15 is 0 Å². The molecule has 32 rings (SSSR count). The fourth-order valence-electron chi connectivity index (χ4n) is 37.6. The molecule has 24 fully saturated rings. The Labute approximate surface area is 708 Å². The molecule has 0 radical (unpaired) electrons. The average Bonchev–Trinajstić information content (AvgIpc) is 0.651. The number of nitrogens with two attached hydrogens (primary N) is 4. The van der Waals surface area contributed by atoms with Crippen molar-refractivity contribution in [2.75, 3.05) is 22.9 Å². The highest BCUT2D eigenvalue weighted by Crippen LogP contribution is 2.83. The summed E-state index contributed by atoms with van der Waals surface area (Å²) in [7, 11) is 0. The van der Waals surface area contributed by atoms with Gasteiger partial charge in [-0.2, -0.15) is 0 Å². The molecule has 24 aliphatic rings. The molecule has 0 aromatic heterocycles. The van der Waals surface area contributed by atoms with Gasteiger partial charge in [0, 0.05) is 22.3 Å². The van der Waals surface area contributed by atoms with Crippen LogP contribution in [0.5, 0.6) is 69.0 Å². The van der Waals surface area contributed by atoms with Crippen molar-refractivity contribution in [3.63, 3.8) is 0 Å². The van der Waals surface area contributed by atoms with Gasteiger partial charge in [-0.25, -0.2) is 0 Å². The molecule has 0 spiro atoms. The molecule has 8 aromatic carbocycles. The summed E-state index contributed by atoms with van der Waals surface area (Å²) in [6.07, 6.45) is 43.6. The highest BCUT2D eigenvalue weighted by molar-refractivity contribution is 5.72. The van der Waals surface area contributed by atoms with Crippen LogP contribution in [0.15, 0.2) is 146 Å². The zero-order valence-electron chi connectivity index (χ0n) is 70.1. The lowest BCUT2D eigenvalue weighted by molar-refractivity contribution is -0.224. The fourth-order valence-corrected chi connectivity index (χ4v) is 37.6. The molecule has 24 bridgehead atoms. The third kappa shape index (κ3) is 10.7. The summed E-state index contributed by atoms with van der Waals surface area (Å²) in [4.78, 5) is 0. The molecular formula is C108H122N4O8. The topological polar surface area (TPSA) is 222 Å². The van der Waals surface area contributed by atoms with Gasteiger partial charge in [0.1, 0.15) is 68.7 Å². The molecule has 12 N–H and O–H groups in total. The molecule has 622 valence electrons. The third-order valence-corrected chi connectivity index (χ3v) is 39.1. The molecule has 0 amide bonds. The lowest BCUT2D eigenvalue weighted by Crippen LogP contribution is -2.70. The molecule has 12 nitrogen and oxygen atoms in total. The number of hydrogen-bond acceptors (Lipinski definition) is 12. The molecule has 24 aliphatic carbocycles. The first-order valence-electron chi connectivity index (χ1n) is 47.6. The number of hydrogen-bond donors (Lipinski definition) is 8. The predicted octanol–water partition coefficient (Wildman–Crippen LogP) is 24.9. The van der Waals surface area contributed by atoms with E-state index in [4.69, 9.17) is 41.9 Å². The monoisotopic (exact) mass is 1600 g/mol. The van der Waals surface area contributed by atoms with Crippen molar-refractivity contribution in [3.05, 3.63) is 190 Å². The van der Waals surface area contributed by atoms with Gasteiger partial charge < -0.3 is 62.3 Å². The maximum absolute atomic E-state index is 11.5. The summed E-state index contributed by atoms with van der Waals surface area (Å²) in [5.41, 5.74) is 39.3. The predicted molar refractivity (Wildman–Crippen MR) is 470 cm³/mol. The van der Waals surface area contributed by atoms with E-state index in [0.29, 0.717) is 57.6 Å². The molecule has 0 saturated heterocycles. The Morgan fingerprint density at radius 2 is 0.375 bits per heavy atom. The zero-order valence-corrected chi connectivity index (χ0v) is 70.1. The molecule has 4 unspecified atom stereocenters. The molecule has 24 saturated carbocycles. The van der Waals surface area contributed by atoms with E-state index in [2.05, 4.69) is 121 Å². The Morgan fingerprint density at radius 1 is 0.200 bits per heavy atom. The van der Waals surface area contributed by atoms with Crippen LogP contribution in [0.3, 0.4) is 0 Å². The first-order chi connectivity index (χ1) is 58.0. The first-order valence-corrected chi connectivity index (χ1v) is 47.6. The molecule has 8 aromatic rings.